The topological polar surface area (TPSA) is 69.9 Å². The molecular formula is C21H21NO5. The van der Waals surface area contributed by atoms with Gasteiger partial charge in [0.1, 0.15) is 24.5 Å². The lowest BCUT2D eigenvalue weighted by Gasteiger charge is -2.21. The van der Waals surface area contributed by atoms with Crippen molar-refractivity contribution in [2.24, 2.45) is 0 Å². The van der Waals surface area contributed by atoms with Crippen LogP contribution in [-0.2, 0) is 0 Å². The molecule has 6 heteroatoms. The Bertz CT molecular complexity index is 1010. The quantitative estimate of drug-likeness (QED) is 0.754. The van der Waals surface area contributed by atoms with Crippen molar-refractivity contribution in [3.05, 3.63) is 53.3 Å². The molecule has 6 nitrogen and oxygen atoms in total. The predicted molar refractivity (Wildman–Crippen MR) is 101 cm³/mol. The van der Waals surface area contributed by atoms with E-state index in [0.29, 0.717) is 30.3 Å². The van der Waals surface area contributed by atoms with Gasteiger partial charge in [0, 0.05) is 10.9 Å². The van der Waals surface area contributed by atoms with Crippen LogP contribution in [0.25, 0.3) is 11.0 Å². The number of carbonyl (C=O) groups excluding carboxylic acids is 1. The molecule has 1 atom stereocenters. The van der Waals surface area contributed by atoms with Gasteiger partial charge < -0.3 is 23.9 Å². The van der Waals surface area contributed by atoms with Gasteiger partial charge in [0.05, 0.1) is 13.2 Å². The number of rotatable bonds is 4. The van der Waals surface area contributed by atoms with Crippen molar-refractivity contribution in [1.82, 2.24) is 5.32 Å². The maximum absolute atomic E-state index is 12.8. The van der Waals surface area contributed by atoms with Gasteiger partial charge in [0.2, 0.25) is 0 Å². The Labute approximate surface area is 157 Å². The largest absolute Gasteiger partial charge is 0.497 e. The first-order valence-corrected chi connectivity index (χ1v) is 8.84. The molecule has 0 radical (unpaired) electrons. The highest BCUT2D eigenvalue weighted by Crippen LogP contribution is 2.33. The van der Waals surface area contributed by atoms with Gasteiger partial charge in [0.25, 0.3) is 5.91 Å². The molecule has 4 rings (SSSR count). The summed E-state index contributed by atoms with van der Waals surface area (Å²) in [6, 6.07) is 11.0. The molecule has 0 unspecified atom stereocenters. The van der Waals surface area contributed by atoms with E-state index in [1.807, 2.05) is 50.2 Å². The summed E-state index contributed by atoms with van der Waals surface area (Å²) in [5.41, 5.74) is 2.38. The highest BCUT2D eigenvalue weighted by Gasteiger charge is 2.21. The molecule has 1 amide bonds. The zero-order valence-electron chi connectivity index (χ0n) is 15.5. The average molecular weight is 367 g/mol. The Morgan fingerprint density at radius 1 is 1.11 bits per heavy atom. The number of furan rings is 1. The SMILES string of the molecule is COc1ccc2oc(C(=O)N[C@H](C)c3ccc4c(c3)OCCO4)c(C)c2c1. The summed E-state index contributed by atoms with van der Waals surface area (Å²) in [6.45, 7) is 4.87. The molecule has 2 heterocycles. The van der Waals surface area contributed by atoms with Gasteiger partial charge in [-0.3, -0.25) is 4.79 Å². The molecule has 2 aromatic carbocycles. The van der Waals surface area contributed by atoms with E-state index in [9.17, 15) is 4.79 Å². The zero-order valence-corrected chi connectivity index (χ0v) is 15.5. The van der Waals surface area contributed by atoms with Crippen molar-refractivity contribution in [3.8, 4) is 17.2 Å². The minimum atomic E-state index is -0.259. The third-order valence-electron chi connectivity index (χ3n) is 4.76. The number of hydrogen-bond acceptors (Lipinski definition) is 5. The number of benzene rings is 2. The molecule has 0 aliphatic carbocycles. The van der Waals surface area contributed by atoms with E-state index >= 15 is 0 Å². The Morgan fingerprint density at radius 3 is 2.67 bits per heavy atom. The van der Waals surface area contributed by atoms with E-state index in [-0.39, 0.29) is 11.9 Å². The van der Waals surface area contributed by atoms with Gasteiger partial charge in [-0.15, -0.1) is 0 Å². The van der Waals surface area contributed by atoms with Gasteiger partial charge in [-0.25, -0.2) is 0 Å². The Hall–Kier alpha value is -3.15. The Kier molecular flexibility index (Phi) is 4.39. The molecule has 0 bridgehead atoms. The van der Waals surface area contributed by atoms with E-state index < -0.39 is 0 Å². The molecule has 1 aromatic heterocycles. The van der Waals surface area contributed by atoms with Crippen molar-refractivity contribution in [2.45, 2.75) is 19.9 Å². The normalized spacial score (nSPS) is 14.0. The molecule has 140 valence electrons. The molecule has 1 aliphatic heterocycles. The van der Waals surface area contributed by atoms with Crippen molar-refractivity contribution < 1.29 is 23.4 Å². The maximum atomic E-state index is 12.8. The van der Waals surface area contributed by atoms with Crippen LogP contribution in [0.5, 0.6) is 17.2 Å². The summed E-state index contributed by atoms with van der Waals surface area (Å²) >= 11 is 0. The molecular weight excluding hydrogens is 346 g/mol. The third-order valence-corrected chi connectivity index (χ3v) is 4.76. The number of hydrogen-bond donors (Lipinski definition) is 1. The van der Waals surface area contributed by atoms with Gasteiger partial charge in [-0.2, -0.15) is 0 Å². The van der Waals surface area contributed by atoms with Crippen molar-refractivity contribution in [1.29, 1.82) is 0 Å². The summed E-state index contributed by atoms with van der Waals surface area (Å²) in [7, 11) is 1.61. The smallest absolute Gasteiger partial charge is 0.287 e. The predicted octanol–water partition coefficient (Wildman–Crippen LogP) is 4.01. The summed E-state index contributed by atoms with van der Waals surface area (Å²) in [5, 5.41) is 3.86. The van der Waals surface area contributed by atoms with Crippen LogP contribution in [0.15, 0.2) is 40.8 Å². The number of carbonyl (C=O) groups is 1. The van der Waals surface area contributed by atoms with E-state index in [1.165, 1.54) is 0 Å². The molecule has 0 spiro atoms. The molecule has 0 fully saturated rings. The fraction of sp³-hybridized carbons (Fsp3) is 0.286. The maximum Gasteiger partial charge on any atom is 0.287 e. The lowest BCUT2D eigenvalue weighted by Crippen LogP contribution is -2.27. The van der Waals surface area contributed by atoms with Crippen LogP contribution in [0.1, 0.15) is 34.6 Å². The fourth-order valence-electron chi connectivity index (χ4n) is 3.22. The summed E-state index contributed by atoms with van der Waals surface area (Å²) < 4.78 is 22.2. The monoisotopic (exact) mass is 367 g/mol. The van der Waals surface area contributed by atoms with Gasteiger partial charge in [0.15, 0.2) is 17.3 Å². The average Bonchev–Trinajstić information content (AvgIpc) is 3.03. The number of aryl methyl sites for hydroxylation is 1. The fourth-order valence-corrected chi connectivity index (χ4v) is 3.22. The third kappa shape index (κ3) is 3.18. The second kappa shape index (κ2) is 6.87. The van der Waals surface area contributed by atoms with Gasteiger partial charge >= 0.3 is 0 Å². The zero-order chi connectivity index (χ0) is 19.0. The standard InChI is InChI=1S/C21H21NO5/c1-12-16-11-15(24-3)5-7-17(16)27-20(12)21(23)22-13(2)14-4-6-18-19(10-14)26-9-8-25-18/h4-7,10-11,13H,8-9H2,1-3H3,(H,22,23)/t13-/m1/s1. The summed E-state index contributed by atoms with van der Waals surface area (Å²) in [4.78, 5) is 12.8. The molecule has 0 saturated carbocycles. The van der Waals surface area contributed by atoms with E-state index in [4.69, 9.17) is 18.6 Å². The molecule has 1 aliphatic rings. The van der Waals surface area contributed by atoms with Crippen LogP contribution in [0.4, 0.5) is 0 Å². The van der Waals surface area contributed by atoms with E-state index in [0.717, 1.165) is 28.0 Å². The van der Waals surface area contributed by atoms with Crippen LogP contribution in [-0.4, -0.2) is 26.2 Å². The van der Waals surface area contributed by atoms with Gasteiger partial charge in [-0.1, -0.05) is 6.07 Å². The first kappa shape index (κ1) is 17.3. The Morgan fingerprint density at radius 2 is 1.89 bits per heavy atom. The Balaban J connectivity index is 1.56. The highest BCUT2D eigenvalue weighted by molar-refractivity contribution is 5.99. The molecule has 0 saturated heterocycles. The van der Waals surface area contributed by atoms with E-state index in [2.05, 4.69) is 5.32 Å². The minimum Gasteiger partial charge on any atom is -0.497 e. The summed E-state index contributed by atoms with van der Waals surface area (Å²) in [5.74, 6) is 2.20. The van der Waals surface area contributed by atoms with Crippen LogP contribution in [0.3, 0.4) is 0 Å². The number of amides is 1. The van der Waals surface area contributed by atoms with Crippen molar-refractivity contribution >= 4 is 16.9 Å². The first-order chi connectivity index (χ1) is 13.1. The first-order valence-electron chi connectivity index (χ1n) is 8.84. The van der Waals surface area contributed by atoms with Crippen molar-refractivity contribution in [2.75, 3.05) is 20.3 Å². The highest BCUT2D eigenvalue weighted by atomic mass is 16.6. The van der Waals surface area contributed by atoms with Crippen LogP contribution < -0.4 is 19.5 Å². The summed E-state index contributed by atoms with van der Waals surface area (Å²) in [6.07, 6.45) is 0. The van der Waals surface area contributed by atoms with Crippen molar-refractivity contribution in [3.63, 3.8) is 0 Å². The molecule has 3 aromatic rings. The number of ether oxygens (including phenoxy) is 3. The van der Waals surface area contributed by atoms with Crippen LogP contribution in [0.2, 0.25) is 0 Å². The number of methoxy groups -OCH3 is 1. The van der Waals surface area contributed by atoms with Crippen LogP contribution in [0, 0.1) is 6.92 Å². The minimum absolute atomic E-state index is 0.213. The second-order valence-electron chi connectivity index (χ2n) is 6.52. The molecule has 1 N–H and O–H groups in total. The van der Waals surface area contributed by atoms with Crippen LogP contribution >= 0.6 is 0 Å². The van der Waals surface area contributed by atoms with E-state index in [1.54, 1.807) is 7.11 Å². The lowest BCUT2D eigenvalue weighted by atomic mass is 10.1. The lowest BCUT2D eigenvalue weighted by molar-refractivity contribution is 0.0913. The van der Waals surface area contributed by atoms with Gasteiger partial charge in [-0.05, 0) is 49.7 Å². The second-order valence-corrected chi connectivity index (χ2v) is 6.52. The number of nitrogens with one attached hydrogen (secondary N) is 1. The molecule has 27 heavy (non-hydrogen) atoms. The number of fused-ring (bicyclic) bond motifs is 2.